The molecule has 1 rings (SSSR count). The Hall–Kier alpha value is -0.0400. The van der Waals surface area contributed by atoms with Crippen LogP contribution in [0.5, 0.6) is 0 Å². The number of hydrogen-bond acceptors (Lipinski definition) is 0. The first-order valence-electron chi connectivity index (χ1n) is 7.87. The van der Waals surface area contributed by atoms with E-state index in [1.807, 2.05) is 0 Å². The van der Waals surface area contributed by atoms with Gasteiger partial charge in [-0.2, -0.15) is 0 Å². The molecule has 0 aromatic rings. The molecule has 1 radical (unpaired) electrons. The molecule has 101 valence electrons. The van der Waals surface area contributed by atoms with Gasteiger partial charge in [-0.3, -0.25) is 0 Å². The van der Waals surface area contributed by atoms with E-state index in [-0.39, 0.29) is 0 Å². The second-order valence-electron chi connectivity index (χ2n) is 6.27. The second kappa shape index (κ2) is 8.97. The van der Waals surface area contributed by atoms with Crippen LogP contribution in [0.2, 0.25) is 0 Å². The third-order valence-corrected chi connectivity index (χ3v) is 4.12. The Morgan fingerprint density at radius 1 is 1.12 bits per heavy atom. The average Bonchev–Trinajstić information content (AvgIpc) is 2.34. The first kappa shape index (κ1) is 15.0. The summed E-state index contributed by atoms with van der Waals surface area (Å²) in [6.07, 6.45) is 11.3. The molecule has 0 aliphatic heterocycles. The Labute approximate surface area is 109 Å². The van der Waals surface area contributed by atoms with Crippen LogP contribution in [0.1, 0.15) is 72.1 Å². The smallest absolute Gasteiger partial charge is 0.0164 e. The summed E-state index contributed by atoms with van der Waals surface area (Å²) < 4.78 is 0. The normalized spacial score (nSPS) is 19.8. The van der Waals surface area contributed by atoms with Gasteiger partial charge in [-0.05, 0) is 30.6 Å². The largest absolute Gasteiger partial charge is 0.241 e. The van der Waals surface area contributed by atoms with Crippen molar-refractivity contribution in [2.24, 2.45) is 17.8 Å². The fourth-order valence-corrected chi connectivity index (χ4v) is 3.15. The monoisotopic (exact) mass is 238 g/mol. The lowest BCUT2D eigenvalue weighted by molar-refractivity contribution is 0.211. The molecule has 1 aliphatic rings. The second-order valence-corrected chi connectivity index (χ2v) is 6.27. The first-order valence-corrected chi connectivity index (χ1v) is 7.87. The highest BCUT2D eigenvalue weighted by Gasteiger charge is 2.24. The zero-order valence-electron chi connectivity index (χ0n) is 12.3. The fourth-order valence-electron chi connectivity index (χ4n) is 3.15. The molecule has 1 aliphatic carbocycles. The van der Waals surface area contributed by atoms with Crippen molar-refractivity contribution in [3.05, 3.63) is 0 Å². The molecule has 0 N–H and O–H groups in total. The lowest BCUT2D eigenvalue weighted by Crippen LogP contribution is -2.27. The molecule has 0 aromatic carbocycles. The molecule has 0 heterocycles. The Morgan fingerprint density at radius 2 is 1.82 bits per heavy atom. The van der Waals surface area contributed by atoms with Crippen molar-refractivity contribution in [1.82, 2.24) is 5.32 Å². The van der Waals surface area contributed by atoms with E-state index in [1.165, 1.54) is 51.4 Å². The van der Waals surface area contributed by atoms with Crippen molar-refractivity contribution in [3.8, 4) is 0 Å². The van der Waals surface area contributed by atoms with Crippen LogP contribution in [-0.4, -0.2) is 13.1 Å². The van der Waals surface area contributed by atoms with Crippen LogP contribution < -0.4 is 5.32 Å². The fraction of sp³-hybridized carbons (Fsp3) is 1.00. The molecule has 1 saturated carbocycles. The lowest BCUT2D eigenvalue weighted by Gasteiger charge is -2.31. The third-order valence-electron chi connectivity index (χ3n) is 4.12. The highest BCUT2D eigenvalue weighted by Crippen LogP contribution is 2.33. The van der Waals surface area contributed by atoms with Gasteiger partial charge >= 0.3 is 0 Å². The van der Waals surface area contributed by atoms with Gasteiger partial charge in [-0.15, -0.1) is 0 Å². The van der Waals surface area contributed by atoms with Crippen molar-refractivity contribution in [2.45, 2.75) is 72.1 Å². The molecular weight excluding hydrogens is 206 g/mol. The van der Waals surface area contributed by atoms with E-state index in [1.54, 1.807) is 0 Å². The molecule has 0 bridgehead atoms. The molecule has 17 heavy (non-hydrogen) atoms. The third kappa shape index (κ3) is 6.45. The molecule has 1 nitrogen and oxygen atoms in total. The summed E-state index contributed by atoms with van der Waals surface area (Å²) in [4.78, 5) is 0. The molecule has 1 heteroatoms. The summed E-state index contributed by atoms with van der Waals surface area (Å²) in [6, 6.07) is 0. The van der Waals surface area contributed by atoms with Crippen LogP contribution in [0.25, 0.3) is 0 Å². The molecule has 0 aromatic heterocycles. The minimum atomic E-state index is 0.836. The number of nitrogens with zero attached hydrogens (tertiary/aromatic N) is 1. The highest BCUT2D eigenvalue weighted by molar-refractivity contribution is 4.76. The highest BCUT2D eigenvalue weighted by atomic mass is 14.9. The summed E-state index contributed by atoms with van der Waals surface area (Å²) in [5, 5.41) is 4.79. The van der Waals surface area contributed by atoms with Gasteiger partial charge in [0.05, 0.1) is 0 Å². The van der Waals surface area contributed by atoms with Gasteiger partial charge in [0.1, 0.15) is 0 Å². The molecular formula is C16H32N. The van der Waals surface area contributed by atoms with Gasteiger partial charge in [0.2, 0.25) is 0 Å². The van der Waals surface area contributed by atoms with E-state index in [0.29, 0.717) is 0 Å². The summed E-state index contributed by atoms with van der Waals surface area (Å²) in [7, 11) is 0. The minimum Gasteiger partial charge on any atom is -0.241 e. The summed E-state index contributed by atoms with van der Waals surface area (Å²) >= 11 is 0. The molecule has 0 spiro atoms. The van der Waals surface area contributed by atoms with Crippen LogP contribution in [0.15, 0.2) is 0 Å². The van der Waals surface area contributed by atoms with Crippen molar-refractivity contribution in [2.75, 3.05) is 13.1 Å². The van der Waals surface area contributed by atoms with Crippen LogP contribution in [0, 0.1) is 17.8 Å². The van der Waals surface area contributed by atoms with Gasteiger partial charge in [0, 0.05) is 13.1 Å². The molecule has 1 fully saturated rings. The van der Waals surface area contributed by atoms with E-state index < -0.39 is 0 Å². The maximum absolute atomic E-state index is 4.79. The van der Waals surface area contributed by atoms with Gasteiger partial charge < -0.3 is 0 Å². The van der Waals surface area contributed by atoms with Crippen LogP contribution in [0.3, 0.4) is 0 Å². The zero-order valence-corrected chi connectivity index (χ0v) is 12.3. The Morgan fingerprint density at radius 3 is 2.41 bits per heavy atom. The van der Waals surface area contributed by atoms with E-state index in [9.17, 15) is 0 Å². The predicted octanol–water partition coefficient (Wildman–Crippen LogP) is 4.63. The van der Waals surface area contributed by atoms with E-state index in [2.05, 4.69) is 20.8 Å². The Kier molecular flexibility index (Phi) is 7.92. The van der Waals surface area contributed by atoms with Crippen molar-refractivity contribution >= 4 is 0 Å². The minimum absolute atomic E-state index is 0.836. The van der Waals surface area contributed by atoms with Crippen molar-refractivity contribution < 1.29 is 0 Å². The molecule has 1 unspecified atom stereocenters. The van der Waals surface area contributed by atoms with E-state index in [0.717, 1.165) is 30.8 Å². The summed E-state index contributed by atoms with van der Waals surface area (Å²) in [5.74, 6) is 2.70. The number of hydrogen-bond donors (Lipinski definition) is 0. The van der Waals surface area contributed by atoms with Gasteiger partial charge in [0.25, 0.3) is 0 Å². The summed E-state index contributed by atoms with van der Waals surface area (Å²) in [5.41, 5.74) is 0. The van der Waals surface area contributed by atoms with E-state index >= 15 is 0 Å². The number of unbranched alkanes of at least 4 members (excludes halogenated alkanes) is 1. The Balaban J connectivity index is 2.30. The van der Waals surface area contributed by atoms with Crippen LogP contribution in [-0.2, 0) is 0 Å². The maximum atomic E-state index is 4.79. The van der Waals surface area contributed by atoms with Crippen LogP contribution in [0.4, 0.5) is 0 Å². The van der Waals surface area contributed by atoms with Crippen molar-refractivity contribution in [3.63, 3.8) is 0 Å². The van der Waals surface area contributed by atoms with Crippen molar-refractivity contribution in [1.29, 1.82) is 0 Å². The zero-order chi connectivity index (χ0) is 12.5. The number of rotatable bonds is 8. The standard InChI is InChI=1S/C16H32N/c1-4-5-11-17-13-16(12-14(2)3)15-9-7-6-8-10-15/h14-16H,4-13H2,1-3H3. The average molecular weight is 238 g/mol. The SMILES string of the molecule is CCCC[N]CC(CC(C)C)C1CCCCC1. The Bertz CT molecular complexity index is 170. The van der Waals surface area contributed by atoms with E-state index in [4.69, 9.17) is 5.32 Å². The predicted molar refractivity (Wildman–Crippen MR) is 76.3 cm³/mol. The molecule has 0 amide bonds. The molecule has 0 saturated heterocycles. The molecule has 1 atom stereocenters. The van der Waals surface area contributed by atoms with Crippen LogP contribution >= 0.6 is 0 Å². The lowest BCUT2D eigenvalue weighted by atomic mass is 9.76. The first-order chi connectivity index (χ1) is 8.24. The van der Waals surface area contributed by atoms with Gasteiger partial charge in [-0.1, -0.05) is 59.3 Å². The maximum Gasteiger partial charge on any atom is 0.0164 e. The topological polar surface area (TPSA) is 14.1 Å². The van der Waals surface area contributed by atoms with Gasteiger partial charge in [0.15, 0.2) is 0 Å². The quantitative estimate of drug-likeness (QED) is 0.547. The van der Waals surface area contributed by atoms with Gasteiger partial charge in [-0.25, -0.2) is 5.32 Å². The summed E-state index contributed by atoms with van der Waals surface area (Å²) in [6.45, 7) is 9.21.